The molecule has 0 saturated heterocycles. The van der Waals surface area contributed by atoms with Gasteiger partial charge in [-0.3, -0.25) is 4.79 Å². The summed E-state index contributed by atoms with van der Waals surface area (Å²) in [4.78, 5) is 11.5. The Bertz CT molecular complexity index is 499. The fourth-order valence-corrected chi connectivity index (χ4v) is 3.19. The van der Waals surface area contributed by atoms with Crippen LogP contribution in [0.2, 0.25) is 5.02 Å². The zero-order valence-electron chi connectivity index (χ0n) is 12.4. The Hall–Kier alpha value is -1.06. The molecule has 2 rings (SSSR count). The maximum atomic E-state index is 11.5. The summed E-state index contributed by atoms with van der Waals surface area (Å²) in [7, 11) is 0. The van der Waals surface area contributed by atoms with E-state index in [1.54, 1.807) is 0 Å². The van der Waals surface area contributed by atoms with Gasteiger partial charge in [0.25, 0.3) is 0 Å². The molecule has 1 amide bonds. The second kappa shape index (κ2) is 6.15. The van der Waals surface area contributed by atoms with Crippen LogP contribution in [0.4, 0.5) is 0 Å². The number of nitrogens with one attached hydrogen (secondary N) is 2. The van der Waals surface area contributed by atoms with Gasteiger partial charge in [-0.05, 0) is 42.0 Å². The Morgan fingerprint density at radius 3 is 2.90 bits per heavy atom. The third-order valence-corrected chi connectivity index (χ3v) is 4.16. The Morgan fingerprint density at radius 1 is 1.45 bits per heavy atom. The van der Waals surface area contributed by atoms with Gasteiger partial charge in [0.15, 0.2) is 0 Å². The van der Waals surface area contributed by atoms with E-state index in [0.717, 1.165) is 11.4 Å². The van der Waals surface area contributed by atoms with Gasteiger partial charge in [0.2, 0.25) is 5.91 Å². The second-order valence-corrected chi connectivity index (χ2v) is 6.54. The molecule has 0 fully saturated rings. The zero-order valence-corrected chi connectivity index (χ0v) is 13.2. The molecule has 0 radical (unpaired) electrons. The van der Waals surface area contributed by atoms with Crippen molar-refractivity contribution < 1.29 is 4.79 Å². The summed E-state index contributed by atoms with van der Waals surface area (Å²) < 4.78 is 0. The molecule has 1 aromatic carbocycles. The standard InChI is InChI=1S/C16H23ClN2O/c1-4-18-14(20)7-8-19-15-13-9-12(17)6-5-11(13)10-16(15,2)3/h5-6,9,15,19H,4,7-8,10H2,1-3H3,(H,18,20). The molecule has 1 aliphatic rings. The summed E-state index contributed by atoms with van der Waals surface area (Å²) in [6.45, 7) is 7.82. The Labute approximate surface area is 126 Å². The topological polar surface area (TPSA) is 41.1 Å². The van der Waals surface area contributed by atoms with Crippen molar-refractivity contribution in [2.24, 2.45) is 5.41 Å². The highest BCUT2D eigenvalue weighted by molar-refractivity contribution is 6.30. The van der Waals surface area contributed by atoms with E-state index in [1.807, 2.05) is 13.0 Å². The highest BCUT2D eigenvalue weighted by atomic mass is 35.5. The van der Waals surface area contributed by atoms with E-state index < -0.39 is 0 Å². The molecule has 1 atom stereocenters. The number of hydrogen-bond donors (Lipinski definition) is 2. The van der Waals surface area contributed by atoms with Gasteiger partial charge in [-0.15, -0.1) is 0 Å². The number of halogens is 1. The molecule has 0 saturated carbocycles. The zero-order chi connectivity index (χ0) is 14.8. The second-order valence-electron chi connectivity index (χ2n) is 6.10. The number of fused-ring (bicyclic) bond motifs is 1. The van der Waals surface area contributed by atoms with E-state index in [2.05, 4.69) is 36.6 Å². The molecular weight excluding hydrogens is 272 g/mol. The number of carbonyl (C=O) groups is 1. The molecule has 1 aliphatic carbocycles. The minimum atomic E-state index is 0.0992. The summed E-state index contributed by atoms with van der Waals surface area (Å²) in [5.74, 6) is 0.0992. The lowest BCUT2D eigenvalue weighted by Crippen LogP contribution is -2.34. The van der Waals surface area contributed by atoms with Crippen LogP contribution in [0.15, 0.2) is 18.2 Å². The van der Waals surface area contributed by atoms with Crippen molar-refractivity contribution in [3.63, 3.8) is 0 Å². The van der Waals surface area contributed by atoms with Crippen molar-refractivity contribution in [1.29, 1.82) is 0 Å². The minimum Gasteiger partial charge on any atom is -0.356 e. The maximum Gasteiger partial charge on any atom is 0.221 e. The van der Waals surface area contributed by atoms with Crippen molar-refractivity contribution in [3.8, 4) is 0 Å². The summed E-state index contributed by atoms with van der Waals surface area (Å²) >= 11 is 6.12. The maximum absolute atomic E-state index is 11.5. The van der Waals surface area contributed by atoms with Gasteiger partial charge in [0, 0.05) is 30.6 Å². The van der Waals surface area contributed by atoms with Crippen molar-refractivity contribution in [2.45, 2.75) is 39.7 Å². The number of carbonyl (C=O) groups excluding carboxylic acids is 1. The van der Waals surface area contributed by atoms with Crippen molar-refractivity contribution in [3.05, 3.63) is 34.3 Å². The molecule has 0 aliphatic heterocycles. The summed E-state index contributed by atoms with van der Waals surface area (Å²) in [6.07, 6.45) is 1.55. The van der Waals surface area contributed by atoms with Gasteiger partial charge in [-0.25, -0.2) is 0 Å². The molecule has 110 valence electrons. The largest absolute Gasteiger partial charge is 0.356 e. The fourth-order valence-electron chi connectivity index (χ4n) is 3.01. The van der Waals surface area contributed by atoms with Gasteiger partial charge >= 0.3 is 0 Å². The van der Waals surface area contributed by atoms with Crippen LogP contribution in [0.5, 0.6) is 0 Å². The van der Waals surface area contributed by atoms with E-state index in [0.29, 0.717) is 19.5 Å². The fraction of sp³-hybridized carbons (Fsp3) is 0.562. The molecule has 0 aromatic heterocycles. The molecule has 4 heteroatoms. The number of amides is 1. The Kier molecular flexibility index (Phi) is 4.71. The minimum absolute atomic E-state index is 0.0992. The molecule has 3 nitrogen and oxygen atoms in total. The average molecular weight is 295 g/mol. The van der Waals surface area contributed by atoms with Gasteiger partial charge < -0.3 is 10.6 Å². The van der Waals surface area contributed by atoms with Crippen LogP contribution in [0.25, 0.3) is 0 Å². The first-order valence-electron chi connectivity index (χ1n) is 7.22. The molecule has 2 N–H and O–H groups in total. The molecule has 0 spiro atoms. The molecule has 1 unspecified atom stereocenters. The van der Waals surface area contributed by atoms with E-state index in [-0.39, 0.29) is 17.4 Å². The highest BCUT2D eigenvalue weighted by Crippen LogP contribution is 2.45. The van der Waals surface area contributed by atoms with Crippen molar-refractivity contribution >= 4 is 17.5 Å². The average Bonchev–Trinajstić information content (AvgIpc) is 2.61. The van der Waals surface area contributed by atoms with Crippen LogP contribution in [0.1, 0.15) is 44.4 Å². The number of benzene rings is 1. The molecule has 1 aromatic rings. The smallest absolute Gasteiger partial charge is 0.221 e. The summed E-state index contributed by atoms with van der Waals surface area (Å²) in [6, 6.07) is 6.37. The van der Waals surface area contributed by atoms with Crippen LogP contribution in [-0.2, 0) is 11.2 Å². The van der Waals surface area contributed by atoms with Crippen LogP contribution >= 0.6 is 11.6 Å². The van der Waals surface area contributed by atoms with Crippen molar-refractivity contribution in [1.82, 2.24) is 10.6 Å². The predicted molar refractivity (Wildman–Crippen MR) is 83.0 cm³/mol. The summed E-state index contributed by atoms with van der Waals surface area (Å²) in [5.41, 5.74) is 2.78. The van der Waals surface area contributed by atoms with Crippen LogP contribution in [0.3, 0.4) is 0 Å². The van der Waals surface area contributed by atoms with Gasteiger partial charge in [-0.1, -0.05) is 31.5 Å². The summed E-state index contributed by atoms with van der Waals surface area (Å²) in [5, 5.41) is 7.12. The number of rotatable bonds is 5. The van der Waals surface area contributed by atoms with Crippen LogP contribution < -0.4 is 10.6 Å². The van der Waals surface area contributed by atoms with Crippen LogP contribution in [-0.4, -0.2) is 19.0 Å². The van der Waals surface area contributed by atoms with Gasteiger partial charge in [-0.2, -0.15) is 0 Å². The quantitative estimate of drug-likeness (QED) is 0.876. The first-order chi connectivity index (χ1) is 9.44. The predicted octanol–water partition coefficient (Wildman–Crippen LogP) is 3.08. The monoisotopic (exact) mass is 294 g/mol. The lowest BCUT2D eigenvalue weighted by molar-refractivity contribution is -0.120. The van der Waals surface area contributed by atoms with Crippen LogP contribution in [0, 0.1) is 5.41 Å². The third-order valence-electron chi connectivity index (χ3n) is 3.92. The lowest BCUT2D eigenvalue weighted by Gasteiger charge is -2.28. The molecule has 0 bridgehead atoms. The van der Waals surface area contributed by atoms with Gasteiger partial charge in [0.1, 0.15) is 0 Å². The molecule has 20 heavy (non-hydrogen) atoms. The third kappa shape index (κ3) is 3.33. The van der Waals surface area contributed by atoms with E-state index in [1.165, 1.54) is 11.1 Å². The van der Waals surface area contributed by atoms with Crippen molar-refractivity contribution in [2.75, 3.05) is 13.1 Å². The Balaban J connectivity index is 2.03. The first kappa shape index (κ1) is 15.3. The molecular formula is C16H23ClN2O. The Morgan fingerprint density at radius 2 is 2.20 bits per heavy atom. The number of hydrogen-bond acceptors (Lipinski definition) is 2. The molecule has 0 heterocycles. The van der Waals surface area contributed by atoms with E-state index >= 15 is 0 Å². The van der Waals surface area contributed by atoms with E-state index in [4.69, 9.17) is 11.6 Å². The highest BCUT2D eigenvalue weighted by Gasteiger charge is 2.38. The first-order valence-corrected chi connectivity index (χ1v) is 7.60. The SMILES string of the molecule is CCNC(=O)CCNC1c2cc(Cl)ccc2CC1(C)C. The lowest BCUT2D eigenvalue weighted by atomic mass is 9.85. The normalized spacial score (nSPS) is 19.7. The van der Waals surface area contributed by atoms with Gasteiger partial charge in [0.05, 0.1) is 0 Å². The van der Waals surface area contributed by atoms with E-state index in [9.17, 15) is 4.79 Å².